The predicted octanol–water partition coefficient (Wildman–Crippen LogP) is 2.90. The highest BCUT2D eigenvalue weighted by atomic mass is 32.2. The molecule has 0 radical (unpaired) electrons. The van der Waals surface area contributed by atoms with E-state index in [1.54, 1.807) is 16.4 Å². The summed E-state index contributed by atoms with van der Waals surface area (Å²) in [4.78, 5) is 16.5. The number of pyridine rings is 1. The summed E-state index contributed by atoms with van der Waals surface area (Å²) in [6.07, 6.45) is 5.38. The van der Waals surface area contributed by atoms with Gasteiger partial charge in [0.2, 0.25) is 15.9 Å². The lowest BCUT2D eigenvalue weighted by Gasteiger charge is -2.19. The molecule has 0 aliphatic carbocycles. The lowest BCUT2D eigenvalue weighted by Crippen LogP contribution is -2.33. The van der Waals surface area contributed by atoms with Crippen LogP contribution in [0.25, 0.3) is 0 Å². The van der Waals surface area contributed by atoms with Gasteiger partial charge in [0, 0.05) is 25.8 Å². The zero-order valence-electron chi connectivity index (χ0n) is 15.8. The van der Waals surface area contributed by atoms with Gasteiger partial charge in [0.1, 0.15) is 4.90 Å². The average molecular weight is 400 g/mol. The van der Waals surface area contributed by atoms with E-state index in [2.05, 4.69) is 10.3 Å². The van der Waals surface area contributed by atoms with Crippen molar-refractivity contribution in [1.29, 1.82) is 0 Å². The summed E-state index contributed by atoms with van der Waals surface area (Å²) in [6.45, 7) is 7.71. The number of hydrogen-bond acceptors (Lipinski definition) is 5. The van der Waals surface area contributed by atoms with E-state index >= 15 is 0 Å². The number of carbonyl (C=O) groups is 1. The molecule has 6 nitrogen and oxygen atoms in total. The lowest BCUT2D eigenvalue weighted by molar-refractivity contribution is -0.120. The fourth-order valence-electron chi connectivity index (χ4n) is 2.70. The van der Waals surface area contributed by atoms with Crippen molar-refractivity contribution in [3.8, 4) is 0 Å². The Labute approximate surface area is 161 Å². The van der Waals surface area contributed by atoms with Gasteiger partial charge in [0.25, 0.3) is 0 Å². The molecule has 0 bridgehead atoms. The van der Waals surface area contributed by atoms with Crippen molar-refractivity contribution in [2.24, 2.45) is 5.92 Å². The van der Waals surface area contributed by atoms with Crippen LogP contribution in [0.2, 0.25) is 0 Å². The van der Waals surface area contributed by atoms with E-state index < -0.39 is 10.0 Å². The summed E-state index contributed by atoms with van der Waals surface area (Å²) in [5.74, 6) is 0.365. The quantitative estimate of drug-likeness (QED) is 0.713. The van der Waals surface area contributed by atoms with Gasteiger partial charge in [0.05, 0.1) is 10.3 Å². The van der Waals surface area contributed by atoms with Crippen LogP contribution in [0.15, 0.2) is 28.3 Å². The average Bonchev–Trinajstić information content (AvgIpc) is 2.90. The van der Waals surface area contributed by atoms with Gasteiger partial charge in [-0.3, -0.25) is 4.79 Å². The molecule has 1 aromatic heterocycles. The van der Waals surface area contributed by atoms with E-state index in [0.29, 0.717) is 30.6 Å². The van der Waals surface area contributed by atoms with Crippen LogP contribution in [0.3, 0.4) is 0 Å². The van der Waals surface area contributed by atoms with E-state index in [4.69, 9.17) is 0 Å². The topological polar surface area (TPSA) is 79.4 Å². The minimum Gasteiger partial charge on any atom is -0.355 e. The largest absolute Gasteiger partial charge is 0.355 e. The zero-order chi connectivity index (χ0) is 19.2. The molecule has 1 amide bonds. The van der Waals surface area contributed by atoms with E-state index in [1.165, 1.54) is 18.0 Å². The molecule has 1 aliphatic heterocycles. The van der Waals surface area contributed by atoms with Gasteiger partial charge in [-0.1, -0.05) is 38.5 Å². The maximum absolute atomic E-state index is 12.7. The summed E-state index contributed by atoms with van der Waals surface area (Å²) < 4.78 is 27.1. The molecular formula is C18H29N3O3S2. The van der Waals surface area contributed by atoms with Gasteiger partial charge >= 0.3 is 0 Å². The van der Waals surface area contributed by atoms with Crippen molar-refractivity contribution in [2.45, 2.75) is 61.6 Å². The fourth-order valence-corrected chi connectivity index (χ4v) is 4.98. The first-order valence-corrected chi connectivity index (χ1v) is 11.5. The Hall–Kier alpha value is -1.12. The molecule has 0 aromatic carbocycles. The normalized spacial score (nSPS) is 17.7. The molecule has 2 rings (SSSR count). The summed E-state index contributed by atoms with van der Waals surface area (Å²) in [7, 11) is -3.48. The maximum atomic E-state index is 12.7. The number of aromatic nitrogens is 1. The number of carbonyl (C=O) groups excluding carboxylic acids is 1. The van der Waals surface area contributed by atoms with E-state index in [0.717, 1.165) is 25.7 Å². The monoisotopic (exact) mass is 399 g/mol. The Morgan fingerprint density at radius 1 is 1.19 bits per heavy atom. The Morgan fingerprint density at radius 3 is 2.38 bits per heavy atom. The first-order valence-electron chi connectivity index (χ1n) is 9.21. The maximum Gasteiger partial charge on any atom is 0.244 e. The van der Waals surface area contributed by atoms with Gasteiger partial charge in [-0.05, 0) is 37.8 Å². The fraction of sp³-hybridized carbons (Fsp3) is 0.667. The smallest absolute Gasteiger partial charge is 0.244 e. The van der Waals surface area contributed by atoms with Crippen molar-refractivity contribution < 1.29 is 13.2 Å². The Morgan fingerprint density at radius 2 is 1.85 bits per heavy atom. The Kier molecular flexibility index (Phi) is 7.91. The molecule has 1 N–H and O–H groups in total. The van der Waals surface area contributed by atoms with Gasteiger partial charge in [-0.25, -0.2) is 13.4 Å². The number of rotatable bonds is 7. The third kappa shape index (κ3) is 5.96. The second-order valence-corrected chi connectivity index (χ2v) is 10.3. The van der Waals surface area contributed by atoms with Crippen LogP contribution in [-0.4, -0.2) is 48.5 Å². The van der Waals surface area contributed by atoms with Gasteiger partial charge in [0.15, 0.2) is 0 Å². The number of thioether (sulfide) groups is 1. The van der Waals surface area contributed by atoms with Crippen LogP contribution in [0.4, 0.5) is 0 Å². The zero-order valence-corrected chi connectivity index (χ0v) is 17.4. The SMILES string of the molecule is CC(C)CNC(=O)C(C)Sc1ccc(S(=O)(=O)N2CCCCCC2)cn1. The van der Waals surface area contributed by atoms with E-state index in [-0.39, 0.29) is 16.1 Å². The summed E-state index contributed by atoms with van der Waals surface area (Å²) in [5.41, 5.74) is 0. The van der Waals surface area contributed by atoms with Gasteiger partial charge < -0.3 is 5.32 Å². The van der Waals surface area contributed by atoms with E-state index in [9.17, 15) is 13.2 Å². The predicted molar refractivity (Wildman–Crippen MR) is 105 cm³/mol. The van der Waals surface area contributed by atoms with Crippen molar-refractivity contribution >= 4 is 27.7 Å². The number of hydrogen-bond donors (Lipinski definition) is 1. The molecule has 1 saturated heterocycles. The highest BCUT2D eigenvalue weighted by molar-refractivity contribution is 8.00. The van der Waals surface area contributed by atoms with Crippen molar-refractivity contribution in [3.05, 3.63) is 18.3 Å². The third-order valence-electron chi connectivity index (χ3n) is 4.26. The molecule has 1 unspecified atom stereocenters. The number of amides is 1. The molecule has 1 aliphatic rings. The van der Waals surface area contributed by atoms with Crippen LogP contribution >= 0.6 is 11.8 Å². The first-order chi connectivity index (χ1) is 12.3. The Balaban J connectivity index is 1.99. The molecule has 0 spiro atoms. The summed E-state index contributed by atoms with van der Waals surface area (Å²) in [6, 6.07) is 3.27. The molecule has 146 valence electrons. The van der Waals surface area contributed by atoms with Crippen LogP contribution in [0.1, 0.15) is 46.5 Å². The number of nitrogens with one attached hydrogen (secondary N) is 1. The third-order valence-corrected chi connectivity index (χ3v) is 7.20. The van der Waals surface area contributed by atoms with Crippen LogP contribution < -0.4 is 5.32 Å². The van der Waals surface area contributed by atoms with Gasteiger partial charge in [-0.15, -0.1) is 0 Å². The van der Waals surface area contributed by atoms with Crippen LogP contribution in [0, 0.1) is 5.92 Å². The van der Waals surface area contributed by atoms with Crippen molar-refractivity contribution in [3.63, 3.8) is 0 Å². The summed E-state index contributed by atoms with van der Waals surface area (Å²) in [5, 5.41) is 3.26. The van der Waals surface area contributed by atoms with Crippen molar-refractivity contribution in [1.82, 2.24) is 14.6 Å². The second kappa shape index (κ2) is 9.71. The molecule has 0 saturated carbocycles. The molecule has 26 heavy (non-hydrogen) atoms. The van der Waals surface area contributed by atoms with Crippen LogP contribution in [-0.2, 0) is 14.8 Å². The molecule has 1 fully saturated rings. The minimum absolute atomic E-state index is 0.0354. The van der Waals surface area contributed by atoms with Crippen LogP contribution in [0.5, 0.6) is 0 Å². The molecule has 1 atom stereocenters. The van der Waals surface area contributed by atoms with Gasteiger partial charge in [-0.2, -0.15) is 4.31 Å². The number of sulfonamides is 1. The molecular weight excluding hydrogens is 370 g/mol. The summed E-state index contributed by atoms with van der Waals surface area (Å²) >= 11 is 1.33. The lowest BCUT2D eigenvalue weighted by atomic mass is 10.2. The van der Waals surface area contributed by atoms with E-state index in [1.807, 2.05) is 20.8 Å². The Bertz CT molecular complexity index is 682. The molecule has 2 heterocycles. The number of nitrogens with zero attached hydrogens (tertiary/aromatic N) is 2. The standard InChI is InChI=1S/C18H29N3O3S2/c1-14(2)12-20-18(22)15(3)25-17-9-8-16(13-19-17)26(23,24)21-10-6-4-5-7-11-21/h8-9,13-15H,4-7,10-12H2,1-3H3,(H,20,22). The van der Waals surface area contributed by atoms with Crippen molar-refractivity contribution in [2.75, 3.05) is 19.6 Å². The highest BCUT2D eigenvalue weighted by Crippen LogP contribution is 2.24. The highest BCUT2D eigenvalue weighted by Gasteiger charge is 2.25. The second-order valence-electron chi connectivity index (χ2n) is 7.05. The molecule has 1 aromatic rings. The first kappa shape index (κ1) is 21.2. The molecule has 8 heteroatoms. The minimum atomic E-state index is -3.48.